The first-order chi connectivity index (χ1) is 7.48. The van der Waals surface area contributed by atoms with Gasteiger partial charge < -0.3 is 9.84 Å². The fraction of sp³-hybridized carbons (Fsp3) is 0.571. The molecule has 0 bridgehead atoms. The third-order valence-electron chi connectivity index (χ3n) is 4.06. The highest BCUT2D eigenvalue weighted by Crippen LogP contribution is 2.56. The fourth-order valence-electron chi connectivity index (χ4n) is 3.15. The molecule has 2 heteroatoms. The first kappa shape index (κ1) is 11.5. The van der Waals surface area contributed by atoms with E-state index in [1.54, 1.807) is 7.11 Å². The molecule has 1 aromatic rings. The maximum atomic E-state index is 9.95. The lowest BCUT2D eigenvalue weighted by atomic mass is 9.52. The molecule has 88 valence electrons. The third kappa shape index (κ3) is 1.52. The number of rotatable bonds is 2. The fourth-order valence-corrected chi connectivity index (χ4v) is 3.15. The summed E-state index contributed by atoms with van der Waals surface area (Å²) in [5.74, 6) is 1.66. The van der Waals surface area contributed by atoms with Gasteiger partial charge in [-0.15, -0.1) is 0 Å². The van der Waals surface area contributed by atoms with Crippen LogP contribution in [0.3, 0.4) is 0 Å². The van der Waals surface area contributed by atoms with E-state index in [0.717, 1.165) is 5.75 Å². The van der Waals surface area contributed by atoms with Crippen molar-refractivity contribution < 1.29 is 9.84 Å². The van der Waals surface area contributed by atoms with Gasteiger partial charge in [-0.1, -0.05) is 32.9 Å². The van der Waals surface area contributed by atoms with Crippen LogP contribution in [0.5, 0.6) is 5.75 Å². The normalized spacial score (nSPS) is 31.9. The predicted octanol–water partition coefficient (Wildman–Crippen LogP) is 2.82. The van der Waals surface area contributed by atoms with Crippen LogP contribution in [-0.4, -0.2) is 18.3 Å². The quantitative estimate of drug-likeness (QED) is 0.830. The van der Waals surface area contributed by atoms with Crippen molar-refractivity contribution in [2.24, 2.45) is 11.3 Å². The summed E-state index contributed by atoms with van der Waals surface area (Å²) in [5, 5.41) is 9.95. The molecule has 1 aliphatic carbocycles. The predicted molar refractivity (Wildman–Crippen MR) is 64.7 cm³/mol. The summed E-state index contributed by atoms with van der Waals surface area (Å²) in [6, 6.07) is 8.19. The summed E-state index contributed by atoms with van der Waals surface area (Å²) in [7, 11) is 1.68. The zero-order valence-electron chi connectivity index (χ0n) is 10.4. The molecule has 1 N–H and O–H groups in total. The van der Waals surface area contributed by atoms with E-state index < -0.39 is 0 Å². The van der Waals surface area contributed by atoms with E-state index in [0.29, 0.717) is 11.8 Å². The average molecular weight is 220 g/mol. The molecule has 3 atom stereocenters. The summed E-state index contributed by atoms with van der Waals surface area (Å²) in [6.45, 7) is 6.38. The van der Waals surface area contributed by atoms with Gasteiger partial charge in [-0.05, 0) is 34.9 Å². The Balaban J connectivity index is 2.24. The van der Waals surface area contributed by atoms with E-state index in [1.807, 2.05) is 12.1 Å². The summed E-state index contributed by atoms with van der Waals surface area (Å²) >= 11 is 0. The van der Waals surface area contributed by atoms with Crippen molar-refractivity contribution >= 4 is 0 Å². The molecule has 16 heavy (non-hydrogen) atoms. The number of aliphatic hydroxyl groups is 1. The Labute approximate surface area is 97.3 Å². The van der Waals surface area contributed by atoms with Crippen molar-refractivity contribution in [3.63, 3.8) is 0 Å². The minimum atomic E-state index is -0.195. The Hall–Kier alpha value is -1.02. The maximum Gasteiger partial charge on any atom is 0.118 e. The summed E-state index contributed by atoms with van der Waals surface area (Å²) < 4.78 is 5.15. The minimum absolute atomic E-state index is 0.0198. The SMILES string of the molecule is COc1ccc(C2C(C)C(O)C2(C)C)cc1. The molecule has 0 spiro atoms. The van der Waals surface area contributed by atoms with Crippen molar-refractivity contribution in [1.29, 1.82) is 0 Å². The average Bonchev–Trinajstić information content (AvgIpc) is 2.29. The first-order valence-corrected chi connectivity index (χ1v) is 5.80. The molecular formula is C14H20O2. The second kappa shape index (κ2) is 3.77. The van der Waals surface area contributed by atoms with Crippen molar-refractivity contribution in [3.05, 3.63) is 29.8 Å². The molecule has 0 aliphatic heterocycles. The Morgan fingerprint density at radius 2 is 1.75 bits per heavy atom. The van der Waals surface area contributed by atoms with E-state index in [1.165, 1.54) is 5.56 Å². The monoisotopic (exact) mass is 220 g/mol. The number of methoxy groups -OCH3 is 1. The summed E-state index contributed by atoms with van der Waals surface area (Å²) in [4.78, 5) is 0. The highest BCUT2D eigenvalue weighted by molar-refractivity contribution is 5.33. The van der Waals surface area contributed by atoms with Gasteiger partial charge in [0.25, 0.3) is 0 Å². The molecule has 1 fully saturated rings. The van der Waals surface area contributed by atoms with Gasteiger partial charge in [-0.2, -0.15) is 0 Å². The van der Waals surface area contributed by atoms with Crippen LogP contribution in [0.4, 0.5) is 0 Å². The van der Waals surface area contributed by atoms with Gasteiger partial charge in [0.2, 0.25) is 0 Å². The van der Waals surface area contributed by atoms with Crippen LogP contribution in [0.2, 0.25) is 0 Å². The molecule has 0 saturated heterocycles. The van der Waals surface area contributed by atoms with E-state index in [2.05, 4.69) is 32.9 Å². The molecular weight excluding hydrogens is 200 g/mol. The molecule has 3 unspecified atom stereocenters. The maximum absolute atomic E-state index is 9.95. The van der Waals surface area contributed by atoms with Crippen LogP contribution in [0.1, 0.15) is 32.3 Å². The molecule has 2 nitrogen and oxygen atoms in total. The Morgan fingerprint density at radius 1 is 1.19 bits per heavy atom. The second-order valence-corrected chi connectivity index (χ2v) is 5.38. The van der Waals surface area contributed by atoms with Crippen molar-refractivity contribution in [2.45, 2.75) is 32.8 Å². The third-order valence-corrected chi connectivity index (χ3v) is 4.06. The number of ether oxygens (including phenoxy) is 1. The van der Waals surface area contributed by atoms with Gasteiger partial charge in [0.15, 0.2) is 0 Å². The lowest BCUT2D eigenvalue weighted by Crippen LogP contribution is -2.54. The van der Waals surface area contributed by atoms with Gasteiger partial charge in [0.05, 0.1) is 13.2 Å². The van der Waals surface area contributed by atoms with E-state index in [9.17, 15) is 5.11 Å². The Bertz CT molecular complexity index is 367. The van der Waals surface area contributed by atoms with Crippen LogP contribution in [-0.2, 0) is 0 Å². The van der Waals surface area contributed by atoms with Crippen LogP contribution < -0.4 is 4.74 Å². The molecule has 0 amide bonds. The molecule has 1 saturated carbocycles. The summed E-state index contributed by atoms with van der Waals surface area (Å²) in [6.07, 6.45) is -0.195. The second-order valence-electron chi connectivity index (χ2n) is 5.38. The minimum Gasteiger partial charge on any atom is -0.497 e. The van der Waals surface area contributed by atoms with Crippen LogP contribution >= 0.6 is 0 Å². The van der Waals surface area contributed by atoms with Crippen molar-refractivity contribution in [2.75, 3.05) is 7.11 Å². The topological polar surface area (TPSA) is 29.5 Å². The number of aliphatic hydroxyl groups excluding tert-OH is 1. The number of hydrogen-bond acceptors (Lipinski definition) is 2. The lowest BCUT2D eigenvalue weighted by molar-refractivity contribution is -0.115. The zero-order chi connectivity index (χ0) is 11.9. The van der Waals surface area contributed by atoms with Crippen LogP contribution in [0.15, 0.2) is 24.3 Å². The van der Waals surface area contributed by atoms with E-state index in [4.69, 9.17) is 4.74 Å². The standard InChI is InChI=1S/C14H20O2/c1-9-12(14(2,3)13(9)15)10-5-7-11(16-4)8-6-10/h5-9,12-13,15H,1-4H3. The van der Waals surface area contributed by atoms with Crippen molar-refractivity contribution in [1.82, 2.24) is 0 Å². The molecule has 1 aliphatic rings. The van der Waals surface area contributed by atoms with Gasteiger partial charge in [0, 0.05) is 0 Å². The highest BCUT2D eigenvalue weighted by Gasteiger charge is 2.53. The number of benzene rings is 1. The molecule has 2 rings (SSSR count). The van der Waals surface area contributed by atoms with Gasteiger partial charge in [-0.3, -0.25) is 0 Å². The van der Waals surface area contributed by atoms with Gasteiger partial charge in [-0.25, -0.2) is 0 Å². The first-order valence-electron chi connectivity index (χ1n) is 5.80. The van der Waals surface area contributed by atoms with Gasteiger partial charge in [0.1, 0.15) is 5.75 Å². The Morgan fingerprint density at radius 3 is 2.19 bits per heavy atom. The highest BCUT2D eigenvalue weighted by atomic mass is 16.5. The van der Waals surface area contributed by atoms with E-state index in [-0.39, 0.29) is 11.5 Å². The Kier molecular flexibility index (Phi) is 2.70. The smallest absolute Gasteiger partial charge is 0.118 e. The van der Waals surface area contributed by atoms with Crippen molar-refractivity contribution in [3.8, 4) is 5.75 Å². The lowest BCUT2D eigenvalue weighted by Gasteiger charge is -2.55. The number of hydrogen-bond donors (Lipinski definition) is 1. The molecule has 0 heterocycles. The molecule has 1 aromatic carbocycles. The molecule has 0 aromatic heterocycles. The van der Waals surface area contributed by atoms with Crippen LogP contribution in [0, 0.1) is 11.3 Å². The largest absolute Gasteiger partial charge is 0.497 e. The van der Waals surface area contributed by atoms with Gasteiger partial charge >= 0.3 is 0 Å². The molecule has 0 radical (unpaired) electrons. The van der Waals surface area contributed by atoms with Crippen LogP contribution in [0.25, 0.3) is 0 Å². The zero-order valence-corrected chi connectivity index (χ0v) is 10.4. The van der Waals surface area contributed by atoms with E-state index >= 15 is 0 Å². The summed E-state index contributed by atoms with van der Waals surface area (Å²) in [5.41, 5.74) is 1.28.